The number of rotatable bonds is 48. The summed E-state index contributed by atoms with van der Waals surface area (Å²) in [5.74, 6) is -0.919. The highest BCUT2D eigenvalue weighted by Gasteiger charge is 2.27. The van der Waals surface area contributed by atoms with Crippen LogP contribution in [0.15, 0.2) is 24.3 Å². The van der Waals surface area contributed by atoms with Crippen LogP contribution < -0.4 is 0 Å². The van der Waals surface area contributed by atoms with E-state index in [1.807, 2.05) is 0 Å². The molecule has 0 aliphatic rings. The van der Waals surface area contributed by atoms with Gasteiger partial charge in [0.25, 0.3) is 0 Å². The Morgan fingerprint density at radius 3 is 1.18 bits per heavy atom. The second-order valence-corrected chi connectivity index (χ2v) is 18.6. The van der Waals surface area contributed by atoms with E-state index in [1.54, 1.807) is 0 Å². The van der Waals surface area contributed by atoms with Gasteiger partial charge < -0.3 is 24.6 Å². The summed E-state index contributed by atoms with van der Waals surface area (Å²) in [6.07, 6.45) is 48.5. The number of unbranched alkanes of at least 4 members (excludes halogenated alkanes) is 30. The standard InChI is InChI=1S/C50H95O10P/c1-3-5-7-9-11-13-15-17-19-21-23-25-27-29-31-33-35-37-39-41-49(53)57-45-48(46-59-61(55,56)58-44-47(52)43-51)60-50(54)42-40-38-36-34-32-30-28-26-24-22-20-18-16-14-12-10-8-6-4-2/h17-20,47-48,51-52H,3-16,21-46H2,1-2H3,(H,55,56)/b19-17-,20-18-/t47?,48-/m1/s1. The maximum atomic E-state index is 12.7. The molecule has 0 amide bonds. The average Bonchev–Trinajstić information content (AvgIpc) is 3.25. The minimum Gasteiger partial charge on any atom is -0.462 e. The van der Waals surface area contributed by atoms with Crippen LogP contribution in [0.3, 0.4) is 0 Å². The third kappa shape index (κ3) is 46.3. The summed E-state index contributed by atoms with van der Waals surface area (Å²) >= 11 is 0. The van der Waals surface area contributed by atoms with Crippen molar-refractivity contribution < 1.29 is 47.8 Å². The lowest BCUT2D eigenvalue weighted by Gasteiger charge is -2.20. The number of aliphatic hydroxyl groups excluding tert-OH is 2. The van der Waals surface area contributed by atoms with Crippen molar-refractivity contribution in [1.29, 1.82) is 0 Å². The Balaban J connectivity index is 4.18. The van der Waals surface area contributed by atoms with E-state index >= 15 is 0 Å². The number of esters is 2. The topological polar surface area (TPSA) is 149 Å². The Bertz CT molecular complexity index is 1070. The Kier molecular flexibility index (Phi) is 45.3. The van der Waals surface area contributed by atoms with E-state index in [-0.39, 0.29) is 19.4 Å². The van der Waals surface area contributed by atoms with Gasteiger partial charge in [0.2, 0.25) is 0 Å². The van der Waals surface area contributed by atoms with E-state index < -0.39 is 51.8 Å². The fourth-order valence-corrected chi connectivity index (χ4v) is 7.95. The van der Waals surface area contributed by atoms with Crippen LogP contribution in [0.4, 0.5) is 0 Å². The van der Waals surface area contributed by atoms with Gasteiger partial charge in [0.05, 0.1) is 19.8 Å². The number of ether oxygens (including phenoxy) is 2. The third-order valence-electron chi connectivity index (χ3n) is 11.1. The molecule has 0 rings (SSSR count). The van der Waals surface area contributed by atoms with Crippen molar-refractivity contribution in [3.8, 4) is 0 Å². The number of hydrogen-bond acceptors (Lipinski definition) is 9. The number of carbonyl (C=O) groups is 2. The van der Waals surface area contributed by atoms with Crippen molar-refractivity contribution in [3.05, 3.63) is 24.3 Å². The molecule has 0 bridgehead atoms. The Labute approximate surface area is 374 Å². The third-order valence-corrected chi connectivity index (χ3v) is 12.0. The largest absolute Gasteiger partial charge is 0.472 e. The van der Waals surface area contributed by atoms with Gasteiger partial charge in [-0.3, -0.25) is 18.6 Å². The van der Waals surface area contributed by atoms with Crippen molar-refractivity contribution in [2.75, 3.05) is 26.4 Å². The van der Waals surface area contributed by atoms with E-state index in [2.05, 4.69) is 38.2 Å². The Morgan fingerprint density at radius 1 is 0.475 bits per heavy atom. The number of allylic oxidation sites excluding steroid dienone is 4. The van der Waals surface area contributed by atoms with Crippen molar-refractivity contribution in [1.82, 2.24) is 0 Å². The first-order valence-electron chi connectivity index (χ1n) is 25.3. The summed E-state index contributed by atoms with van der Waals surface area (Å²) in [4.78, 5) is 35.2. The lowest BCUT2D eigenvalue weighted by Crippen LogP contribution is -2.29. The molecule has 0 aromatic rings. The quantitative estimate of drug-likeness (QED) is 0.0233. The number of phosphoric ester groups is 1. The molecule has 0 fully saturated rings. The zero-order chi connectivity index (χ0) is 44.8. The van der Waals surface area contributed by atoms with Gasteiger partial charge in [0.15, 0.2) is 6.10 Å². The number of carbonyl (C=O) groups excluding carboxylic acids is 2. The predicted octanol–water partition coefficient (Wildman–Crippen LogP) is 14.1. The van der Waals surface area contributed by atoms with E-state index in [4.69, 9.17) is 23.6 Å². The van der Waals surface area contributed by atoms with Gasteiger partial charge in [-0.15, -0.1) is 0 Å². The highest BCUT2D eigenvalue weighted by atomic mass is 31.2. The first-order chi connectivity index (χ1) is 29.7. The number of hydrogen-bond donors (Lipinski definition) is 3. The summed E-state index contributed by atoms with van der Waals surface area (Å²) in [7, 11) is -4.62. The summed E-state index contributed by atoms with van der Waals surface area (Å²) < 4.78 is 32.9. The van der Waals surface area contributed by atoms with E-state index in [0.29, 0.717) is 12.8 Å². The summed E-state index contributed by atoms with van der Waals surface area (Å²) in [5.41, 5.74) is 0. The molecular formula is C50H95O10P. The Morgan fingerprint density at radius 2 is 0.803 bits per heavy atom. The highest BCUT2D eigenvalue weighted by Crippen LogP contribution is 2.43. The first-order valence-corrected chi connectivity index (χ1v) is 26.8. The van der Waals surface area contributed by atoms with Crippen molar-refractivity contribution in [2.45, 2.75) is 257 Å². The monoisotopic (exact) mass is 887 g/mol. The van der Waals surface area contributed by atoms with Crippen LogP contribution >= 0.6 is 7.82 Å². The maximum Gasteiger partial charge on any atom is 0.472 e. The van der Waals surface area contributed by atoms with Gasteiger partial charge in [-0.25, -0.2) is 4.57 Å². The molecule has 0 saturated heterocycles. The molecule has 0 aliphatic carbocycles. The van der Waals surface area contributed by atoms with Crippen molar-refractivity contribution >= 4 is 19.8 Å². The lowest BCUT2D eigenvalue weighted by molar-refractivity contribution is -0.161. The Hall–Kier alpha value is -1.55. The second-order valence-electron chi connectivity index (χ2n) is 17.2. The van der Waals surface area contributed by atoms with Gasteiger partial charge in [-0.05, 0) is 64.2 Å². The van der Waals surface area contributed by atoms with Crippen LogP contribution in [0, 0.1) is 0 Å². The van der Waals surface area contributed by atoms with E-state index in [1.165, 1.54) is 167 Å². The van der Waals surface area contributed by atoms with Gasteiger partial charge >= 0.3 is 19.8 Å². The van der Waals surface area contributed by atoms with Crippen LogP contribution in [-0.2, 0) is 32.7 Å². The predicted molar refractivity (Wildman–Crippen MR) is 252 cm³/mol. The van der Waals surface area contributed by atoms with Crippen LogP contribution in [0.25, 0.3) is 0 Å². The van der Waals surface area contributed by atoms with E-state index in [0.717, 1.165) is 38.5 Å². The molecule has 0 heterocycles. The summed E-state index contributed by atoms with van der Waals surface area (Å²) in [6, 6.07) is 0. The molecule has 0 saturated carbocycles. The van der Waals surface area contributed by atoms with Gasteiger partial charge in [0, 0.05) is 12.8 Å². The number of phosphoric acid groups is 1. The maximum absolute atomic E-state index is 12.7. The smallest absolute Gasteiger partial charge is 0.462 e. The molecule has 61 heavy (non-hydrogen) atoms. The van der Waals surface area contributed by atoms with Crippen LogP contribution in [0.5, 0.6) is 0 Å². The van der Waals surface area contributed by atoms with E-state index in [9.17, 15) is 24.2 Å². The molecule has 3 atom stereocenters. The van der Waals surface area contributed by atoms with Crippen molar-refractivity contribution in [2.24, 2.45) is 0 Å². The van der Waals surface area contributed by atoms with Crippen LogP contribution in [-0.4, -0.2) is 65.7 Å². The summed E-state index contributed by atoms with van der Waals surface area (Å²) in [5, 5.41) is 18.4. The van der Waals surface area contributed by atoms with Gasteiger partial charge in [-0.2, -0.15) is 0 Å². The van der Waals surface area contributed by atoms with Gasteiger partial charge in [0.1, 0.15) is 12.7 Å². The highest BCUT2D eigenvalue weighted by molar-refractivity contribution is 7.47. The molecule has 2 unspecified atom stereocenters. The molecule has 0 aliphatic heterocycles. The van der Waals surface area contributed by atoms with Gasteiger partial charge in [-0.1, -0.05) is 192 Å². The number of aliphatic hydroxyl groups is 2. The zero-order valence-corrected chi connectivity index (χ0v) is 40.3. The normalized spacial score (nSPS) is 13.9. The fourth-order valence-electron chi connectivity index (χ4n) is 7.16. The SMILES string of the molecule is CCCCCCCC/C=C\CCCCCCCCCCCC(=O)OC[C@H](COP(=O)(O)OCC(O)CO)OC(=O)CCCCCCCCCCC/C=C\CCCCCCCC. The second kappa shape index (κ2) is 46.4. The fraction of sp³-hybridized carbons (Fsp3) is 0.880. The summed E-state index contributed by atoms with van der Waals surface area (Å²) in [6.45, 7) is 2.41. The molecule has 0 radical (unpaired) electrons. The van der Waals surface area contributed by atoms with Crippen molar-refractivity contribution in [3.63, 3.8) is 0 Å². The molecule has 0 aromatic heterocycles. The lowest BCUT2D eigenvalue weighted by atomic mass is 10.1. The molecule has 11 heteroatoms. The minimum absolute atomic E-state index is 0.184. The molecular weight excluding hydrogens is 792 g/mol. The van der Waals surface area contributed by atoms with Crippen LogP contribution in [0.1, 0.15) is 245 Å². The first kappa shape index (κ1) is 59.5. The molecule has 0 aromatic carbocycles. The molecule has 360 valence electrons. The molecule has 0 spiro atoms. The molecule has 10 nitrogen and oxygen atoms in total. The van der Waals surface area contributed by atoms with Crippen LogP contribution in [0.2, 0.25) is 0 Å². The zero-order valence-electron chi connectivity index (χ0n) is 39.4. The average molecular weight is 887 g/mol. The molecule has 3 N–H and O–H groups in total. The minimum atomic E-state index is -4.62.